The van der Waals surface area contributed by atoms with Crippen LogP contribution in [0.1, 0.15) is 46.6 Å². The van der Waals surface area contributed by atoms with Gasteiger partial charge < -0.3 is 0 Å². The molecule has 0 atom stereocenters. The summed E-state index contributed by atoms with van der Waals surface area (Å²) in [5.74, 6) is 0. The molecule has 19 heavy (non-hydrogen) atoms. The Morgan fingerprint density at radius 3 is 1.84 bits per heavy atom. The highest BCUT2D eigenvalue weighted by Gasteiger charge is 2.29. The van der Waals surface area contributed by atoms with Crippen molar-refractivity contribution in [3.05, 3.63) is 29.8 Å². The summed E-state index contributed by atoms with van der Waals surface area (Å²) in [6.45, 7) is 9.74. The fourth-order valence-electron chi connectivity index (χ4n) is 2.39. The lowest BCUT2D eigenvalue weighted by Crippen LogP contribution is -2.41. The average molecular weight is 283 g/mol. The molecule has 4 heteroatoms. The first-order valence-electron chi connectivity index (χ1n) is 6.93. The van der Waals surface area contributed by atoms with Crippen LogP contribution in [-0.2, 0) is 16.4 Å². The first-order chi connectivity index (χ1) is 8.80. The van der Waals surface area contributed by atoms with Gasteiger partial charge in [0, 0.05) is 12.1 Å². The van der Waals surface area contributed by atoms with Crippen LogP contribution in [0.5, 0.6) is 0 Å². The summed E-state index contributed by atoms with van der Waals surface area (Å²) in [6.07, 6.45) is 2.05. The molecule has 0 unspecified atom stereocenters. The molecule has 0 saturated carbocycles. The monoisotopic (exact) mass is 283 g/mol. The van der Waals surface area contributed by atoms with Crippen molar-refractivity contribution in [2.45, 2.75) is 64.4 Å². The molecule has 0 aliphatic heterocycles. The summed E-state index contributed by atoms with van der Waals surface area (Å²) < 4.78 is 26.8. The third-order valence-corrected chi connectivity index (χ3v) is 5.32. The van der Waals surface area contributed by atoms with Crippen molar-refractivity contribution < 1.29 is 8.42 Å². The highest BCUT2D eigenvalue weighted by molar-refractivity contribution is 7.89. The van der Waals surface area contributed by atoms with Crippen LogP contribution in [0.15, 0.2) is 29.2 Å². The van der Waals surface area contributed by atoms with E-state index in [1.807, 2.05) is 39.8 Å². The molecule has 1 aromatic carbocycles. The smallest absolute Gasteiger partial charge is 0.207 e. The average Bonchev–Trinajstić information content (AvgIpc) is 2.28. The molecule has 0 spiro atoms. The number of aryl methyl sites for hydroxylation is 1. The van der Waals surface area contributed by atoms with Crippen LogP contribution in [0.4, 0.5) is 0 Å². The molecule has 0 bridgehead atoms. The topological polar surface area (TPSA) is 37.4 Å². The third-order valence-electron chi connectivity index (χ3n) is 3.06. The van der Waals surface area contributed by atoms with Gasteiger partial charge in [-0.3, -0.25) is 0 Å². The fourth-order valence-corrected chi connectivity index (χ4v) is 4.22. The Morgan fingerprint density at radius 1 is 1.00 bits per heavy atom. The van der Waals surface area contributed by atoms with E-state index in [0.717, 1.165) is 12.8 Å². The second-order valence-electron chi connectivity index (χ2n) is 5.42. The normalized spacial score (nSPS) is 12.6. The molecular formula is C15H25NO2S. The first kappa shape index (κ1) is 16.2. The Morgan fingerprint density at radius 2 is 1.47 bits per heavy atom. The number of rotatable bonds is 6. The first-order valence-corrected chi connectivity index (χ1v) is 8.37. The SMILES string of the molecule is CCCc1ccc(S(=O)(=O)N(C(C)C)C(C)C)cc1. The van der Waals surface area contributed by atoms with Crippen LogP contribution >= 0.6 is 0 Å². The lowest BCUT2D eigenvalue weighted by Gasteiger charge is -2.29. The van der Waals surface area contributed by atoms with Gasteiger partial charge in [0.1, 0.15) is 0 Å². The molecule has 3 nitrogen and oxygen atoms in total. The number of hydrogen-bond donors (Lipinski definition) is 0. The van der Waals surface area contributed by atoms with Crippen molar-refractivity contribution in [1.82, 2.24) is 4.31 Å². The van der Waals surface area contributed by atoms with E-state index in [2.05, 4.69) is 6.92 Å². The van der Waals surface area contributed by atoms with Crippen molar-refractivity contribution in [1.29, 1.82) is 0 Å². The summed E-state index contributed by atoms with van der Waals surface area (Å²) in [6, 6.07) is 7.18. The molecule has 108 valence electrons. The van der Waals surface area contributed by atoms with Gasteiger partial charge in [0.25, 0.3) is 0 Å². The van der Waals surface area contributed by atoms with Crippen molar-refractivity contribution in [2.24, 2.45) is 0 Å². The minimum absolute atomic E-state index is 0.0414. The summed E-state index contributed by atoms with van der Waals surface area (Å²) >= 11 is 0. The van der Waals surface area contributed by atoms with Crippen LogP contribution in [0.2, 0.25) is 0 Å². The van der Waals surface area contributed by atoms with Gasteiger partial charge in [0.15, 0.2) is 0 Å². The molecule has 1 rings (SSSR count). The fraction of sp³-hybridized carbons (Fsp3) is 0.600. The predicted octanol–water partition coefficient (Wildman–Crippen LogP) is 3.45. The Balaban J connectivity index is 3.11. The Bertz CT molecular complexity index is 481. The van der Waals surface area contributed by atoms with Gasteiger partial charge in [0.05, 0.1) is 4.90 Å². The van der Waals surface area contributed by atoms with Gasteiger partial charge in [-0.05, 0) is 51.8 Å². The quantitative estimate of drug-likeness (QED) is 0.802. The van der Waals surface area contributed by atoms with Crippen molar-refractivity contribution in [2.75, 3.05) is 0 Å². The van der Waals surface area contributed by atoms with Crippen LogP contribution in [-0.4, -0.2) is 24.8 Å². The van der Waals surface area contributed by atoms with Gasteiger partial charge in [-0.2, -0.15) is 4.31 Å². The molecule has 0 fully saturated rings. The van der Waals surface area contributed by atoms with Crippen LogP contribution in [0.3, 0.4) is 0 Å². The van der Waals surface area contributed by atoms with Crippen LogP contribution in [0.25, 0.3) is 0 Å². The second-order valence-corrected chi connectivity index (χ2v) is 7.26. The lowest BCUT2D eigenvalue weighted by molar-refractivity contribution is 0.302. The van der Waals surface area contributed by atoms with Crippen molar-refractivity contribution >= 4 is 10.0 Å². The molecule has 0 amide bonds. The number of hydrogen-bond acceptors (Lipinski definition) is 2. The Hall–Kier alpha value is -0.870. The van der Waals surface area contributed by atoms with Gasteiger partial charge in [-0.15, -0.1) is 0 Å². The van der Waals surface area contributed by atoms with Gasteiger partial charge in [-0.25, -0.2) is 8.42 Å². The van der Waals surface area contributed by atoms with Crippen LogP contribution in [0, 0.1) is 0 Å². The van der Waals surface area contributed by atoms with E-state index in [1.165, 1.54) is 5.56 Å². The minimum atomic E-state index is -3.40. The zero-order valence-corrected chi connectivity index (χ0v) is 13.4. The standard InChI is InChI=1S/C15H25NO2S/c1-6-7-14-8-10-15(11-9-14)19(17,18)16(12(2)3)13(4)5/h8-13H,6-7H2,1-5H3. The van der Waals surface area contributed by atoms with E-state index >= 15 is 0 Å². The molecule has 0 heterocycles. The van der Waals surface area contributed by atoms with E-state index in [1.54, 1.807) is 16.4 Å². The van der Waals surface area contributed by atoms with E-state index in [4.69, 9.17) is 0 Å². The molecule has 0 saturated heterocycles. The van der Waals surface area contributed by atoms with Gasteiger partial charge in [0.2, 0.25) is 10.0 Å². The summed E-state index contributed by atoms with van der Waals surface area (Å²) in [7, 11) is -3.40. The molecule has 0 aliphatic carbocycles. The third kappa shape index (κ3) is 3.80. The maximum absolute atomic E-state index is 12.6. The molecule has 1 aromatic rings. The largest absolute Gasteiger partial charge is 0.243 e. The maximum atomic E-state index is 12.6. The zero-order valence-electron chi connectivity index (χ0n) is 12.6. The Kier molecular flexibility index (Phi) is 5.56. The summed E-state index contributed by atoms with van der Waals surface area (Å²) in [5, 5.41) is 0. The molecule has 0 radical (unpaired) electrons. The zero-order chi connectivity index (χ0) is 14.6. The maximum Gasteiger partial charge on any atom is 0.243 e. The van der Waals surface area contributed by atoms with Crippen molar-refractivity contribution in [3.63, 3.8) is 0 Å². The molecule has 0 aliphatic rings. The predicted molar refractivity (Wildman–Crippen MR) is 79.7 cm³/mol. The second kappa shape index (κ2) is 6.53. The molecular weight excluding hydrogens is 258 g/mol. The number of nitrogens with zero attached hydrogens (tertiary/aromatic N) is 1. The van der Waals surface area contributed by atoms with E-state index in [0.29, 0.717) is 4.90 Å². The summed E-state index contributed by atoms with van der Waals surface area (Å²) in [4.78, 5) is 0.384. The number of sulfonamides is 1. The minimum Gasteiger partial charge on any atom is -0.207 e. The summed E-state index contributed by atoms with van der Waals surface area (Å²) in [5.41, 5.74) is 1.18. The molecule has 0 aromatic heterocycles. The number of benzene rings is 1. The van der Waals surface area contributed by atoms with E-state index in [-0.39, 0.29) is 12.1 Å². The van der Waals surface area contributed by atoms with Crippen molar-refractivity contribution in [3.8, 4) is 0 Å². The van der Waals surface area contributed by atoms with Crippen LogP contribution < -0.4 is 0 Å². The Labute approximate surface area is 117 Å². The van der Waals surface area contributed by atoms with E-state index < -0.39 is 10.0 Å². The highest BCUT2D eigenvalue weighted by atomic mass is 32.2. The highest BCUT2D eigenvalue weighted by Crippen LogP contribution is 2.21. The molecule has 0 N–H and O–H groups in total. The lowest BCUT2D eigenvalue weighted by atomic mass is 10.1. The van der Waals surface area contributed by atoms with Gasteiger partial charge >= 0.3 is 0 Å². The van der Waals surface area contributed by atoms with Gasteiger partial charge in [-0.1, -0.05) is 25.5 Å². The van der Waals surface area contributed by atoms with E-state index in [9.17, 15) is 8.42 Å².